The average Bonchev–Trinajstić information content (AvgIpc) is 2.52. The first-order valence-corrected chi connectivity index (χ1v) is 9.89. The summed E-state index contributed by atoms with van der Waals surface area (Å²) >= 11 is 0. The normalized spacial score (nSPS) is 12.4. The van der Waals surface area contributed by atoms with Crippen LogP contribution in [0, 0.1) is 0 Å². The van der Waals surface area contributed by atoms with Gasteiger partial charge < -0.3 is 5.73 Å². The van der Waals surface area contributed by atoms with Crippen LogP contribution in [0.25, 0.3) is 10.8 Å². The Kier molecular flexibility index (Phi) is 3.83. The molecule has 0 aliphatic heterocycles. The molecule has 0 saturated carbocycles. The minimum atomic E-state index is -4.27. The van der Waals surface area contributed by atoms with E-state index < -0.39 is 24.8 Å². The molecule has 0 aliphatic rings. The maximum Gasteiger partial charge on any atom is 0.239 e. The summed E-state index contributed by atoms with van der Waals surface area (Å²) < 4.78 is 50.0. The Morgan fingerprint density at radius 3 is 2.17 bits per heavy atom. The number of nitrogen functional groups attached to an aromatic ring is 1. The molecule has 4 N–H and O–H groups in total. The van der Waals surface area contributed by atoms with E-state index in [-0.39, 0.29) is 20.9 Å². The molecule has 0 spiro atoms. The molecule has 3 aromatic carbocycles. The second kappa shape index (κ2) is 5.59. The largest absolute Gasteiger partial charge is 0.399 e. The third-order valence-electron chi connectivity index (χ3n) is 3.59. The number of hydrogen-bond acceptors (Lipinski definition) is 5. The molecular formula is C16H14N2O4S2. The van der Waals surface area contributed by atoms with Gasteiger partial charge in [0.25, 0.3) is 0 Å². The molecular weight excluding hydrogens is 348 g/mol. The van der Waals surface area contributed by atoms with Gasteiger partial charge in [-0.2, -0.15) is 0 Å². The summed E-state index contributed by atoms with van der Waals surface area (Å²) in [6.07, 6.45) is 0. The van der Waals surface area contributed by atoms with Crippen LogP contribution in [0.15, 0.2) is 75.4 Å². The zero-order chi connectivity index (χ0) is 17.5. The van der Waals surface area contributed by atoms with E-state index in [9.17, 15) is 16.8 Å². The van der Waals surface area contributed by atoms with E-state index in [1.165, 1.54) is 30.3 Å². The van der Waals surface area contributed by atoms with E-state index in [0.717, 1.165) is 0 Å². The summed E-state index contributed by atoms with van der Waals surface area (Å²) in [4.78, 5) is -0.875. The first-order chi connectivity index (χ1) is 11.2. The molecule has 124 valence electrons. The summed E-state index contributed by atoms with van der Waals surface area (Å²) in [6.45, 7) is 0. The number of anilines is 1. The van der Waals surface area contributed by atoms with Gasteiger partial charge in [0.05, 0.1) is 9.79 Å². The van der Waals surface area contributed by atoms with Crippen molar-refractivity contribution in [3.05, 3.63) is 60.7 Å². The molecule has 0 bridgehead atoms. The monoisotopic (exact) mass is 362 g/mol. The molecule has 3 aromatic rings. The van der Waals surface area contributed by atoms with Crippen LogP contribution in [0.1, 0.15) is 0 Å². The Bertz CT molecular complexity index is 1150. The van der Waals surface area contributed by atoms with E-state index >= 15 is 0 Å². The summed E-state index contributed by atoms with van der Waals surface area (Å²) in [5, 5.41) is 6.14. The van der Waals surface area contributed by atoms with Gasteiger partial charge in [0.1, 0.15) is 4.90 Å². The maximum atomic E-state index is 12.9. The molecule has 0 fully saturated rings. The van der Waals surface area contributed by atoms with Gasteiger partial charge in [0.15, 0.2) is 0 Å². The molecule has 0 amide bonds. The standard InChI is InChI=1S/C16H14N2O4S2/c17-12-5-3-6-13(10-12)23(19,20)15-9-8-11-4-1-2-7-14(11)16(15)24(18,21)22/h1-10H,17H2,(H2,18,21,22). The summed E-state index contributed by atoms with van der Waals surface area (Å²) in [5.41, 5.74) is 5.90. The van der Waals surface area contributed by atoms with Crippen molar-refractivity contribution in [1.29, 1.82) is 0 Å². The molecule has 0 saturated heterocycles. The quantitative estimate of drug-likeness (QED) is 0.689. The molecule has 0 atom stereocenters. The smallest absolute Gasteiger partial charge is 0.239 e. The van der Waals surface area contributed by atoms with Gasteiger partial charge in [-0.25, -0.2) is 22.0 Å². The zero-order valence-electron chi connectivity index (χ0n) is 12.4. The van der Waals surface area contributed by atoms with Gasteiger partial charge in [0.2, 0.25) is 19.9 Å². The zero-order valence-corrected chi connectivity index (χ0v) is 14.0. The SMILES string of the molecule is Nc1cccc(S(=O)(=O)c2ccc3ccccc3c2S(N)(=O)=O)c1. The lowest BCUT2D eigenvalue weighted by atomic mass is 10.1. The van der Waals surface area contributed by atoms with Crippen LogP contribution < -0.4 is 10.9 Å². The first-order valence-electron chi connectivity index (χ1n) is 6.86. The van der Waals surface area contributed by atoms with E-state index in [1.54, 1.807) is 30.3 Å². The average molecular weight is 362 g/mol. The van der Waals surface area contributed by atoms with E-state index in [4.69, 9.17) is 10.9 Å². The van der Waals surface area contributed by atoms with Gasteiger partial charge in [0, 0.05) is 11.1 Å². The highest BCUT2D eigenvalue weighted by Gasteiger charge is 2.28. The van der Waals surface area contributed by atoms with Crippen molar-refractivity contribution < 1.29 is 16.8 Å². The first kappa shape index (κ1) is 16.4. The lowest BCUT2D eigenvalue weighted by molar-refractivity contribution is 0.584. The molecule has 0 aromatic heterocycles. The Morgan fingerprint density at radius 1 is 0.792 bits per heavy atom. The fraction of sp³-hybridized carbons (Fsp3) is 0. The van der Waals surface area contributed by atoms with Gasteiger partial charge >= 0.3 is 0 Å². The predicted octanol–water partition coefficient (Wildman–Crippen LogP) is 1.90. The fourth-order valence-electron chi connectivity index (χ4n) is 2.54. The maximum absolute atomic E-state index is 12.9. The van der Waals surface area contributed by atoms with Crippen molar-refractivity contribution in [3.8, 4) is 0 Å². The Balaban J connectivity index is 2.43. The second-order valence-corrected chi connectivity index (χ2v) is 8.65. The molecule has 8 heteroatoms. The minimum Gasteiger partial charge on any atom is -0.399 e. The summed E-state index contributed by atoms with van der Waals surface area (Å²) in [7, 11) is -8.38. The van der Waals surface area contributed by atoms with Crippen LogP contribution in [0.5, 0.6) is 0 Å². The van der Waals surface area contributed by atoms with E-state index in [1.807, 2.05) is 0 Å². The molecule has 0 heterocycles. The molecule has 0 radical (unpaired) electrons. The molecule has 0 aliphatic carbocycles. The van der Waals surface area contributed by atoms with Crippen molar-refractivity contribution in [1.82, 2.24) is 0 Å². The van der Waals surface area contributed by atoms with Crippen LogP contribution in [-0.2, 0) is 19.9 Å². The Morgan fingerprint density at radius 2 is 1.50 bits per heavy atom. The highest BCUT2D eigenvalue weighted by atomic mass is 32.2. The van der Waals surface area contributed by atoms with Crippen LogP contribution >= 0.6 is 0 Å². The third-order valence-corrected chi connectivity index (χ3v) is 6.52. The number of fused-ring (bicyclic) bond motifs is 1. The number of sulfonamides is 1. The minimum absolute atomic E-state index is 0.0947. The number of rotatable bonds is 3. The van der Waals surface area contributed by atoms with Crippen molar-refractivity contribution in [2.45, 2.75) is 14.7 Å². The van der Waals surface area contributed by atoms with Gasteiger partial charge in [-0.3, -0.25) is 0 Å². The van der Waals surface area contributed by atoms with Crippen molar-refractivity contribution in [2.24, 2.45) is 5.14 Å². The topological polar surface area (TPSA) is 120 Å². The second-order valence-electron chi connectivity index (χ2n) is 5.23. The lowest BCUT2D eigenvalue weighted by Crippen LogP contribution is -2.17. The van der Waals surface area contributed by atoms with Crippen LogP contribution in [0.3, 0.4) is 0 Å². The van der Waals surface area contributed by atoms with Gasteiger partial charge in [-0.1, -0.05) is 36.4 Å². The third kappa shape index (κ3) is 2.75. The lowest BCUT2D eigenvalue weighted by Gasteiger charge is -2.12. The molecule has 0 unspecified atom stereocenters. The molecule has 6 nitrogen and oxygen atoms in total. The number of primary sulfonamides is 1. The summed E-state index contributed by atoms with van der Waals surface area (Å²) in [5.74, 6) is 0. The number of nitrogens with two attached hydrogens (primary N) is 2. The van der Waals surface area contributed by atoms with E-state index in [2.05, 4.69) is 0 Å². The van der Waals surface area contributed by atoms with Crippen molar-refractivity contribution >= 4 is 36.3 Å². The van der Waals surface area contributed by atoms with Crippen LogP contribution in [0.4, 0.5) is 5.69 Å². The van der Waals surface area contributed by atoms with E-state index in [0.29, 0.717) is 5.39 Å². The molecule has 24 heavy (non-hydrogen) atoms. The molecule has 3 rings (SSSR count). The van der Waals surface area contributed by atoms with Gasteiger partial charge in [-0.05, 0) is 29.7 Å². The fourth-order valence-corrected chi connectivity index (χ4v) is 5.46. The number of benzene rings is 3. The van der Waals surface area contributed by atoms with Crippen LogP contribution in [0.2, 0.25) is 0 Å². The summed E-state index contributed by atoms with van der Waals surface area (Å²) in [6, 6.07) is 15.0. The predicted molar refractivity (Wildman–Crippen MR) is 91.6 cm³/mol. The van der Waals surface area contributed by atoms with Gasteiger partial charge in [-0.15, -0.1) is 0 Å². The van der Waals surface area contributed by atoms with Crippen molar-refractivity contribution in [2.75, 3.05) is 5.73 Å². The number of sulfone groups is 1. The van der Waals surface area contributed by atoms with Crippen LogP contribution in [-0.4, -0.2) is 16.8 Å². The van der Waals surface area contributed by atoms with Crippen molar-refractivity contribution in [3.63, 3.8) is 0 Å². The highest BCUT2D eigenvalue weighted by molar-refractivity contribution is 7.93. The Labute approximate surface area is 139 Å². The number of hydrogen-bond donors (Lipinski definition) is 2. The Hall–Kier alpha value is -2.42. The highest BCUT2D eigenvalue weighted by Crippen LogP contribution is 2.33.